The first-order valence-electron chi connectivity index (χ1n) is 6.91. The fourth-order valence-electron chi connectivity index (χ4n) is 2.10. The van der Waals surface area contributed by atoms with Gasteiger partial charge in [-0.2, -0.15) is 0 Å². The van der Waals surface area contributed by atoms with Gasteiger partial charge in [-0.3, -0.25) is 4.79 Å². The summed E-state index contributed by atoms with van der Waals surface area (Å²) in [6.45, 7) is 0.561. The summed E-state index contributed by atoms with van der Waals surface area (Å²) < 4.78 is 10.5. The van der Waals surface area contributed by atoms with Crippen LogP contribution in [0.4, 0.5) is 0 Å². The maximum Gasteiger partial charge on any atom is 0.244 e. The third kappa shape index (κ3) is 3.97. The van der Waals surface area contributed by atoms with E-state index in [1.54, 1.807) is 24.3 Å². The fourth-order valence-corrected chi connectivity index (χ4v) is 2.57. The second-order valence-electron chi connectivity index (χ2n) is 4.90. The van der Waals surface area contributed by atoms with Crippen LogP contribution in [-0.4, -0.2) is 12.7 Å². The minimum Gasteiger partial charge on any atom is -0.454 e. The predicted molar refractivity (Wildman–Crippen MR) is 89.9 cm³/mol. The quantitative estimate of drug-likeness (QED) is 0.847. The Hall–Kier alpha value is -2.17. The summed E-state index contributed by atoms with van der Waals surface area (Å²) in [5, 5.41) is 3.86. The van der Waals surface area contributed by atoms with Gasteiger partial charge in [0.05, 0.1) is 0 Å². The van der Waals surface area contributed by atoms with Crippen LogP contribution in [0.2, 0.25) is 10.0 Å². The number of rotatable bonds is 4. The van der Waals surface area contributed by atoms with E-state index in [0.29, 0.717) is 28.1 Å². The molecule has 1 N–H and O–H groups in total. The van der Waals surface area contributed by atoms with Crippen LogP contribution in [-0.2, 0) is 11.3 Å². The van der Waals surface area contributed by atoms with Gasteiger partial charge < -0.3 is 14.8 Å². The molecule has 3 rings (SSSR count). The SMILES string of the molecule is O=C(C=Cc1ccc2c(c1)OCO2)NCc1ccc(Cl)cc1Cl. The summed E-state index contributed by atoms with van der Waals surface area (Å²) in [5.41, 5.74) is 1.66. The molecular weight excluding hydrogens is 337 g/mol. The molecule has 0 saturated heterocycles. The molecule has 0 bridgehead atoms. The van der Waals surface area contributed by atoms with Gasteiger partial charge in [0, 0.05) is 22.7 Å². The molecule has 0 unspecified atom stereocenters. The topological polar surface area (TPSA) is 47.6 Å². The molecule has 0 spiro atoms. The molecule has 4 nitrogen and oxygen atoms in total. The lowest BCUT2D eigenvalue weighted by atomic mass is 10.2. The molecular formula is C17H13Cl2NO3. The molecule has 23 heavy (non-hydrogen) atoms. The Kier molecular flexibility index (Phi) is 4.74. The Morgan fingerprint density at radius 3 is 2.78 bits per heavy atom. The highest BCUT2D eigenvalue weighted by Gasteiger charge is 2.12. The minimum absolute atomic E-state index is 0.214. The number of hydrogen-bond donors (Lipinski definition) is 1. The van der Waals surface area contributed by atoms with E-state index >= 15 is 0 Å². The van der Waals surface area contributed by atoms with Crippen LogP contribution in [0.3, 0.4) is 0 Å². The molecule has 1 aliphatic heterocycles. The zero-order valence-corrected chi connectivity index (χ0v) is 13.5. The van der Waals surface area contributed by atoms with Crippen LogP contribution in [0, 0.1) is 0 Å². The number of ether oxygens (including phenoxy) is 2. The van der Waals surface area contributed by atoms with E-state index in [-0.39, 0.29) is 12.7 Å². The average molecular weight is 350 g/mol. The first kappa shape index (κ1) is 15.7. The van der Waals surface area contributed by atoms with Gasteiger partial charge in [0.2, 0.25) is 12.7 Å². The maximum absolute atomic E-state index is 11.9. The van der Waals surface area contributed by atoms with Crippen LogP contribution in [0.1, 0.15) is 11.1 Å². The van der Waals surface area contributed by atoms with Gasteiger partial charge in [0.1, 0.15) is 0 Å². The number of carbonyl (C=O) groups excluding carboxylic acids is 1. The van der Waals surface area contributed by atoms with E-state index in [1.165, 1.54) is 6.08 Å². The van der Waals surface area contributed by atoms with Gasteiger partial charge in [-0.25, -0.2) is 0 Å². The first-order valence-corrected chi connectivity index (χ1v) is 7.67. The van der Waals surface area contributed by atoms with Crippen LogP contribution in [0.25, 0.3) is 6.08 Å². The number of carbonyl (C=O) groups is 1. The molecule has 0 radical (unpaired) electrons. The van der Waals surface area contributed by atoms with E-state index in [1.807, 2.05) is 18.2 Å². The third-order valence-corrected chi connectivity index (χ3v) is 3.88. The first-order chi connectivity index (χ1) is 11.1. The number of halogens is 2. The smallest absolute Gasteiger partial charge is 0.244 e. The molecule has 0 atom stereocenters. The van der Waals surface area contributed by atoms with E-state index in [2.05, 4.69) is 5.32 Å². The Labute approximate surface area is 143 Å². The summed E-state index contributed by atoms with van der Waals surface area (Å²) in [5.74, 6) is 1.18. The maximum atomic E-state index is 11.9. The standard InChI is InChI=1S/C17H13Cl2NO3/c18-13-4-3-12(14(19)8-13)9-20-17(21)6-2-11-1-5-15-16(7-11)23-10-22-15/h1-8H,9-10H2,(H,20,21). The van der Waals surface area contributed by atoms with Crippen molar-refractivity contribution in [2.24, 2.45) is 0 Å². The van der Waals surface area contributed by atoms with E-state index in [0.717, 1.165) is 11.1 Å². The molecule has 2 aromatic carbocycles. The second kappa shape index (κ2) is 6.94. The Morgan fingerprint density at radius 1 is 1.13 bits per heavy atom. The highest BCUT2D eigenvalue weighted by molar-refractivity contribution is 6.35. The predicted octanol–water partition coefficient (Wildman–Crippen LogP) is 4.05. The van der Waals surface area contributed by atoms with Crippen LogP contribution < -0.4 is 14.8 Å². The number of benzene rings is 2. The zero-order chi connectivity index (χ0) is 16.2. The van der Waals surface area contributed by atoms with Crippen molar-refractivity contribution in [3.63, 3.8) is 0 Å². The van der Waals surface area contributed by atoms with Crippen molar-refractivity contribution >= 4 is 35.2 Å². The molecule has 1 amide bonds. The summed E-state index contributed by atoms with van der Waals surface area (Å²) in [6.07, 6.45) is 3.17. The highest BCUT2D eigenvalue weighted by atomic mass is 35.5. The number of fused-ring (bicyclic) bond motifs is 1. The molecule has 0 fully saturated rings. The van der Waals surface area contributed by atoms with E-state index in [9.17, 15) is 4.79 Å². The van der Waals surface area contributed by atoms with Gasteiger partial charge in [-0.1, -0.05) is 35.3 Å². The fraction of sp³-hybridized carbons (Fsp3) is 0.118. The third-order valence-electron chi connectivity index (χ3n) is 3.29. The number of amides is 1. The highest BCUT2D eigenvalue weighted by Crippen LogP contribution is 2.32. The minimum atomic E-state index is -0.214. The molecule has 0 aromatic heterocycles. The van der Waals surface area contributed by atoms with Crippen LogP contribution >= 0.6 is 23.2 Å². The lowest BCUT2D eigenvalue weighted by Crippen LogP contribution is -2.20. The van der Waals surface area contributed by atoms with Crippen molar-refractivity contribution < 1.29 is 14.3 Å². The summed E-state index contributed by atoms with van der Waals surface area (Å²) in [7, 11) is 0. The summed E-state index contributed by atoms with van der Waals surface area (Å²) in [6, 6.07) is 10.7. The van der Waals surface area contributed by atoms with Crippen molar-refractivity contribution in [3.05, 3.63) is 63.6 Å². The van der Waals surface area contributed by atoms with Gasteiger partial charge in [-0.05, 0) is 41.5 Å². The lowest BCUT2D eigenvalue weighted by Gasteiger charge is -2.05. The van der Waals surface area contributed by atoms with Crippen molar-refractivity contribution in [2.75, 3.05) is 6.79 Å². The van der Waals surface area contributed by atoms with Gasteiger partial charge in [0.15, 0.2) is 11.5 Å². The van der Waals surface area contributed by atoms with Crippen molar-refractivity contribution in [2.45, 2.75) is 6.54 Å². The largest absolute Gasteiger partial charge is 0.454 e. The monoisotopic (exact) mass is 349 g/mol. The zero-order valence-electron chi connectivity index (χ0n) is 12.0. The Bertz CT molecular complexity index is 774. The van der Waals surface area contributed by atoms with Crippen LogP contribution in [0.15, 0.2) is 42.5 Å². The van der Waals surface area contributed by atoms with Gasteiger partial charge in [-0.15, -0.1) is 0 Å². The second-order valence-corrected chi connectivity index (χ2v) is 5.74. The molecule has 6 heteroatoms. The van der Waals surface area contributed by atoms with Crippen molar-refractivity contribution in [3.8, 4) is 11.5 Å². The Balaban J connectivity index is 1.58. The summed E-state index contributed by atoms with van der Waals surface area (Å²) in [4.78, 5) is 11.9. The molecule has 1 heterocycles. The van der Waals surface area contributed by atoms with Gasteiger partial charge >= 0.3 is 0 Å². The van der Waals surface area contributed by atoms with Gasteiger partial charge in [0.25, 0.3) is 0 Å². The number of hydrogen-bond acceptors (Lipinski definition) is 3. The van der Waals surface area contributed by atoms with Crippen LogP contribution in [0.5, 0.6) is 11.5 Å². The molecule has 2 aromatic rings. The van der Waals surface area contributed by atoms with E-state index < -0.39 is 0 Å². The van der Waals surface area contributed by atoms with Crippen molar-refractivity contribution in [1.29, 1.82) is 0 Å². The van der Waals surface area contributed by atoms with E-state index in [4.69, 9.17) is 32.7 Å². The molecule has 118 valence electrons. The molecule has 0 saturated carbocycles. The number of nitrogens with one attached hydrogen (secondary N) is 1. The lowest BCUT2D eigenvalue weighted by molar-refractivity contribution is -0.116. The molecule has 0 aliphatic carbocycles. The normalized spacial score (nSPS) is 12.6. The summed E-state index contributed by atoms with van der Waals surface area (Å²) >= 11 is 11.9. The average Bonchev–Trinajstić information content (AvgIpc) is 2.99. The van der Waals surface area contributed by atoms with Crippen molar-refractivity contribution in [1.82, 2.24) is 5.32 Å². The molecule has 1 aliphatic rings. The Morgan fingerprint density at radius 2 is 1.96 bits per heavy atom.